The van der Waals surface area contributed by atoms with Gasteiger partial charge in [-0.15, -0.1) is 0 Å². The maximum Gasteiger partial charge on any atom is 0.265 e. The van der Waals surface area contributed by atoms with E-state index in [-0.39, 0.29) is 12.3 Å². The van der Waals surface area contributed by atoms with E-state index in [2.05, 4.69) is 10.9 Å². The number of ether oxygens (including phenoxy) is 2. The first-order chi connectivity index (χ1) is 13.0. The molecule has 3 amide bonds. The summed E-state index contributed by atoms with van der Waals surface area (Å²) in [5.41, 5.74) is 5.90. The number of carbonyl (C=O) groups excluding carboxylic acids is 3. The van der Waals surface area contributed by atoms with Crippen molar-refractivity contribution in [3.8, 4) is 11.5 Å². The lowest BCUT2D eigenvalue weighted by Crippen LogP contribution is -2.48. The van der Waals surface area contributed by atoms with Gasteiger partial charge in [-0.25, -0.2) is 10.3 Å². The highest BCUT2D eigenvalue weighted by Gasteiger charge is 2.39. The number of benzene rings is 2. The zero-order valence-corrected chi connectivity index (χ0v) is 14.9. The highest BCUT2D eigenvalue weighted by molar-refractivity contribution is 6.22. The zero-order chi connectivity index (χ0) is 19.4. The van der Waals surface area contributed by atoms with E-state index >= 15 is 0 Å². The molecule has 1 saturated heterocycles. The second-order valence-electron chi connectivity index (χ2n) is 5.86. The maximum absolute atomic E-state index is 12.6. The average molecular weight is 369 g/mol. The van der Waals surface area contributed by atoms with E-state index in [9.17, 15) is 14.4 Å². The molecule has 1 heterocycles. The molecule has 140 valence electrons. The largest absolute Gasteiger partial charge is 0.497 e. The van der Waals surface area contributed by atoms with Crippen LogP contribution in [0.5, 0.6) is 11.5 Å². The van der Waals surface area contributed by atoms with Crippen LogP contribution in [0.3, 0.4) is 0 Å². The van der Waals surface area contributed by atoms with Gasteiger partial charge in [0.25, 0.3) is 11.8 Å². The third kappa shape index (κ3) is 3.90. The van der Waals surface area contributed by atoms with Gasteiger partial charge in [0.15, 0.2) is 0 Å². The van der Waals surface area contributed by atoms with E-state index in [4.69, 9.17) is 9.47 Å². The van der Waals surface area contributed by atoms with Crippen molar-refractivity contribution in [1.29, 1.82) is 0 Å². The van der Waals surface area contributed by atoms with Crippen LogP contribution in [0, 0.1) is 0 Å². The van der Waals surface area contributed by atoms with Gasteiger partial charge in [0.05, 0.1) is 26.3 Å². The number of hydrogen-bond donors (Lipinski definition) is 2. The van der Waals surface area contributed by atoms with Crippen molar-refractivity contribution < 1.29 is 23.9 Å². The van der Waals surface area contributed by atoms with Crippen LogP contribution in [0.25, 0.3) is 0 Å². The van der Waals surface area contributed by atoms with Crippen molar-refractivity contribution in [2.45, 2.75) is 12.5 Å². The summed E-state index contributed by atoms with van der Waals surface area (Å²) >= 11 is 0. The van der Waals surface area contributed by atoms with Gasteiger partial charge < -0.3 is 9.47 Å². The van der Waals surface area contributed by atoms with E-state index in [0.717, 1.165) is 4.90 Å². The monoisotopic (exact) mass is 369 g/mol. The highest BCUT2D eigenvalue weighted by Crippen LogP contribution is 2.26. The van der Waals surface area contributed by atoms with Crippen LogP contribution in [-0.2, 0) is 9.59 Å². The molecule has 2 N–H and O–H groups in total. The van der Waals surface area contributed by atoms with Gasteiger partial charge in [-0.2, -0.15) is 0 Å². The molecule has 2 aromatic rings. The lowest BCUT2D eigenvalue weighted by atomic mass is 10.2. The molecule has 8 nitrogen and oxygen atoms in total. The SMILES string of the molecule is COc1cccc(C(=O)NNC2CC(=O)N(c3cccc(OC)c3)C2=O)c1. The lowest BCUT2D eigenvalue weighted by Gasteiger charge is -2.16. The fourth-order valence-electron chi connectivity index (χ4n) is 2.75. The summed E-state index contributed by atoms with van der Waals surface area (Å²) in [6.07, 6.45) is -0.0611. The quantitative estimate of drug-likeness (QED) is 0.588. The molecule has 1 aliphatic heterocycles. The number of methoxy groups -OCH3 is 2. The first kappa shape index (κ1) is 18.4. The van der Waals surface area contributed by atoms with Gasteiger partial charge in [0.2, 0.25) is 5.91 Å². The molecule has 2 aromatic carbocycles. The van der Waals surface area contributed by atoms with Gasteiger partial charge in [-0.05, 0) is 30.3 Å². The normalized spacial score (nSPS) is 16.4. The van der Waals surface area contributed by atoms with Crippen molar-refractivity contribution in [3.05, 3.63) is 54.1 Å². The Kier molecular flexibility index (Phi) is 5.37. The number of amides is 3. The van der Waals surface area contributed by atoms with E-state index in [1.807, 2.05) is 0 Å². The minimum atomic E-state index is -0.849. The first-order valence-corrected chi connectivity index (χ1v) is 8.24. The van der Waals surface area contributed by atoms with E-state index in [1.165, 1.54) is 14.2 Å². The van der Waals surface area contributed by atoms with E-state index in [0.29, 0.717) is 22.7 Å². The Morgan fingerprint density at radius 1 is 1.04 bits per heavy atom. The number of rotatable bonds is 6. The predicted molar refractivity (Wildman–Crippen MR) is 97.5 cm³/mol. The number of carbonyl (C=O) groups is 3. The molecule has 3 rings (SSSR count). The van der Waals surface area contributed by atoms with Crippen LogP contribution >= 0.6 is 0 Å². The second kappa shape index (κ2) is 7.88. The minimum Gasteiger partial charge on any atom is -0.497 e. The van der Waals surface area contributed by atoms with Crippen LogP contribution < -0.4 is 25.2 Å². The van der Waals surface area contributed by atoms with E-state index < -0.39 is 17.9 Å². The Hall–Kier alpha value is -3.39. The summed E-state index contributed by atoms with van der Waals surface area (Å²) in [6, 6.07) is 12.4. The predicted octanol–water partition coefficient (Wildman–Crippen LogP) is 1.27. The first-order valence-electron chi connectivity index (χ1n) is 8.24. The van der Waals surface area contributed by atoms with Crippen molar-refractivity contribution in [2.75, 3.05) is 19.1 Å². The van der Waals surface area contributed by atoms with Gasteiger partial charge in [0.1, 0.15) is 17.5 Å². The second-order valence-corrected chi connectivity index (χ2v) is 5.86. The average Bonchev–Trinajstić information content (AvgIpc) is 2.99. The Labute approximate surface area is 156 Å². The number of hydrogen-bond acceptors (Lipinski definition) is 6. The number of imide groups is 1. The number of nitrogens with one attached hydrogen (secondary N) is 2. The van der Waals surface area contributed by atoms with Crippen molar-refractivity contribution in [3.63, 3.8) is 0 Å². The Bertz CT molecular complexity index is 883. The highest BCUT2D eigenvalue weighted by atomic mass is 16.5. The molecule has 1 fully saturated rings. The minimum absolute atomic E-state index is 0.0611. The summed E-state index contributed by atoms with van der Waals surface area (Å²) < 4.78 is 10.2. The third-order valence-electron chi connectivity index (χ3n) is 4.15. The Balaban J connectivity index is 1.67. The third-order valence-corrected chi connectivity index (χ3v) is 4.15. The lowest BCUT2D eigenvalue weighted by molar-refractivity contribution is -0.121. The topological polar surface area (TPSA) is 97.0 Å². The molecule has 0 radical (unpaired) electrons. The van der Waals surface area contributed by atoms with Crippen molar-refractivity contribution in [2.24, 2.45) is 0 Å². The molecule has 0 bridgehead atoms. The zero-order valence-electron chi connectivity index (χ0n) is 14.9. The maximum atomic E-state index is 12.6. The molecule has 0 aromatic heterocycles. The Morgan fingerprint density at radius 2 is 1.70 bits per heavy atom. The molecule has 0 spiro atoms. The van der Waals surface area contributed by atoms with Gasteiger partial charge in [0, 0.05) is 11.6 Å². The van der Waals surface area contributed by atoms with E-state index in [1.54, 1.807) is 48.5 Å². The van der Waals surface area contributed by atoms with Crippen LogP contribution in [0.4, 0.5) is 5.69 Å². The van der Waals surface area contributed by atoms with Gasteiger partial charge in [-0.3, -0.25) is 19.8 Å². The van der Waals surface area contributed by atoms with Crippen LogP contribution in [0.1, 0.15) is 16.8 Å². The van der Waals surface area contributed by atoms with Gasteiger partial charge in [-0.1, -0.05) is 12.1 Å². The molecule has 1 unspecified atom stereocenters. The molecular formula is C19H19N3O5. The van der Waals surface area contributed by atoms with Crippen molar-refractivity contribution >= 4 is 23.4 Å². The summed E-state index contributed by atoms with van der Waals surface area (Å²) in [6.45, 7) is 0. The number of hydrazine groups is 1. The Morgan fingerprint density at radius 3 is 2.41 bits per heavy atom. The number of nitrogens with zero attached hydrogens (tertiary/aromatic N) is 1. The van der Waals surface area contributed by atoms with Gasteiger partial charge >= 0.3 is 0 Å². The van der Waals surface area contributed by atoms with Crippen LogP contribution in [0.2, 0.25) is 0 Å². The fourth-order valence-corrected chi connectivity index (χ4v) is 2.75. The summed E-state index contributed by atoms with van der Waals surface area (Å²) in [5.74, 6) is -0.163. The van der Waals surface area contributed by atoms with Crippen molar-refractivity contribution in [1.82, 2.24) is 10.9 Å². The molecular weight excluding hydrogens is 350 g/mol. The fraction of sp³-hybridized carbons (Fsp3) is 0.211. The summed E-state index contributed by atoms with van der Waals surface area (Å²) in [4.78, 5) is 38.2. The molecule has 8 heteroatoms. The smallest absolute Gasteiger partial charge is 0.265 e. The molecule has 1 atom stereocenters. The van der Waals surface area contributed by atoms with Crippen LogP contribution in [-0.4, -0.2) is 38.0 Å². The molecule has 0 saturated carbocycles. The standard InChI is InChI=1S/C19H19N3O5/c1-26-14-7-3-5-12(9-14)18(24)21-20-16-11-17(23)22(19(16)25)13-6-4-8-15(10-13)27-2/h3-10,16,20H,11H2,1-2H3,(H,21,24). The molecule has 27 heavy (non-hydrogen) atoms. The number of anilines is 1. The molecule has 1 aliphatic rings. The summed E-state index contributed by atoms with van der Waals surface area (Å²) in [5, 5.41) is 0. The summed E-state index contributed by atoms with van der Waals surface area (Å²) in [7, 11) is 3.01. The molecule has 0 aliphatic carbocycles. The van der Waals surface area contributed by atoms with Crippen LogP contribution in [0.15, 0.2) is 48.5 Å².